The van der Waals surface area contributed by atoms with E-state index in [-0.39, 0.29) is 12.5 Å². The van der Waals surface area contributed by atoms with E-state index in [0.29, 0.717) is 6.42 Å². The average Bonchev–Trinajstić information content (AvgIpc) is 3.32. The van der Waals surface area contributed by atoms with Crippen molar-refractivity contribution in [1.82, 2.24) is 5.32 Å². The van der Waals surface area contributed by atoms with Gasteiger partial charge in [-0.1, -0.05) is 307 Å². The van der Waals surface area contributed by atoms with E-state index >= 15 is 0 Å². The molecule has 4 heteroatoms. The molecular weight excluding hydrogens is 807 g/mol. The van der Waals surface area contributed by atoms with E-state index in [4.69, 9.17) is 0 Å². The number of rotatable bonds is 56. The molecule has 66 heavy (non-hydrogen) atoms. The first-order valence-electron chi connectivity index (χ1n) is 30.2. The first kappa shape index (κ1) is 64.6. The van der Waals surface area contributed by atoms with Crippen LogP contribution in [-0.2, 0) is 4.79 Å². The Kier molecular flexibility index (Phi) is 56.7. The van der Waals surface area contributed by atoms with Crippen LogP contribution in [0.4, 0.5) is 0 Å². The lowest BCUT2D eigenvalue weighted by molar-refractivity contribution is -0.123. The Balaban J connectivity index is 3.49. The van der Waals surface area contributed by atoms with Crippen molar-refractivity contribution in [1.29, 1.82) is 0 Å². The van der Waals surface area contributed by atoms with Crippen molar-refractivity contribution in [3.05, 3.63) is 36.5 Å². The molecule has 0 aromatic heterocycles. The molecule has 0 bridgehead atoms. The van der Waals surface area contributed by atoms with Gasteiger partial charge < -0.3 is 15.5 Å². The average molecular weight is 927 g/mol. The van der Waals surface area contributed by atoms with E-state index < -0.39 is 12.1 Å². The van der Waals surface area contributed by atoms with Gasteiger partial charge in [0.1, 0.15) is 0 Å². The zero-order valence-electron chi connectivity index (χ0n) is 45.0. The molecule has 4 nitrogen and oxygen atoms in total. The number of hydrogen-bond donors (Lipinski definition) is 3. The molecule has 390 valence electrons. The maximum atomic E-state index is 12.5. The molecule has 0 aliphatic rings. The first-order valence-corrected chi connectivity index (χ1v) is 30.2. The predicted molar refractivity (Wildman–Crippen MR) is 295 cm³/mol. The Hall–Kier alpha value is -1.39. The largest absolute Gasteiger partial charge is 0.394 e. The molecule has 0 rings (SSSR count). The standard InChI is InChI=1S/C62H119NO3/c1-3-5-7-9-11-13-15-17-19-21-23-25-27-29-30-31-32-34-36-38-40-42-44-46-48-50-52-54-56-58-62(66)63-60(59-64)61(65)57-55-53-51-49-47-45-43-41-39-37-35-33-28-26-24-22-20-18-16-14-12-10-8-6-4-2/h29-30,47,49,55,57,60-61,64-65H,3-28,31-46,48,50-54,56,58-59H2,1-2H3,(H,63,66)/b30-29-,49-47+,57-55+. The molecule has 1 amide bonds. The topological polar surface area (TPSA) is 69.6 Å². The highest BCUT2D eigenvalue weighted by Crippen LogP contribution is 2.17. The van der Waals surface area contributed by atoms with E-state index in [1.165, 1.54) is 283 Å². The van der Waals surface area contributed by atoms with Crippen LogP contribution in [0.1, 0.15) is 335 Å². The number of aliphatic hydroxyl groups excluding tert-OH is 2. The second-order valence-corrected chi connectivity index (χ2v) is 20.8. The van der Waals surface area contributed by atoms with E-state index in [2.05, 4.69) is 43.5 Å². The second kappa shape index (κ2) is 57.9. The fourth-order valence-electron chi connectivity index (χ4n) is 9.49. The number of nitrogens with one attached hydrogen (secondary N) is 1. The Morgan fingerprint density at radius 3 is 0.879 bits per heavy atom. The Labute approximate surface area is 414 Å². The van der Waals surface area contributed by atoms with Crippen LogP contribution in [0.25, 0.3) is 0 Å². The van der Waals surface area contributed by atoms with Gasteiger partial charge in [0, 0.05) is 6.42 Å². The van der Waals surface area contributed by atoms with E-state index in [1.54, 1.807) is 6.08 Å². The third-order valence-electron chi connectivity index (χ3n) is 14.1. The van der Waals surface area contributed by atoms with Gasteiger partial charge in [0.15, 0.2) is 0 Å². The summed E-state index contributed by atoms with van der Waals surface area (Å²) in [4.78, 5) is 12.5. The van der Waals surface area contributed by atoms with E-state index in [1.807, 2.05) is 6.08 Å². The van der Waals surface area contributed by atoms with Crippen molar-refractivity contribution in [3.8, 4) is 0 Å². The zero-order valence-corrected chi connectivity index (χ0v) is 45.0. The summed E-state index contributed by atoms with van der Waals surface area (Å²) >= 11 is 0. The van der Waals surface area contributed by atoms with Gasteiger partial charge in [0.2, 0.25) is 5.91 Å². The van der Waals surface area contributed by atoms with Crippen LogP contribution in [0.2, 0.25) is 0 Å². The number of carbonyl (C=O) groups is 1. The molecule has 0 aromatic rings. The maximum absolute atomic E-state index is 12.5. The summed E-state index contributed by atoms with van der Waals surface area (Å²) in [5, 5.41) is 23.2. The predicted octanol–water partition coefficient (Wildman–Crippen LogP) is 20.0. The van der Waals surface area contributed by atoms with E-state index in [9.17, 15) is 15.0 Å². The molecule has 2 atom stereocenters. The van der Waals surface area contributed by atoms with Crippen molar-refractivity contribution in [2.24, 2.45) is 0 Å². The van der Waals surface area contributed by atoms with Crippen LogP contribution in [0, 0.1) is 0 Å². The normalized spacial score (nSPS) is 13.0. The van der Waals surface area contributed by atoms with Crippen LogP contribution < -0.4 is 5.32 Å². The van der Waals surface area contributed by atoms with Gasteiger partial charge in [-0.3, -0.25) is 4.79 Å². The summed E-state index contributed by atoms with van der Waals surface area (Å²) in [5.41, 5.74) is 0. The minimum Gasteiger partial charge on any atom is -0.394 e. The molecule has 0 aliphatic carbocycles. The molecule has 0 fully saturated rings. The van der Waals surface area contributed by atoms with Crippen molar-refractivity contribution in [2.45, 2.75) is 347 Å². The molecule has 0 saturated heterocycles. The van der Waals surface area contributed by atoms with E-state index in [0.717, 1.165) is 32.1 Å². The highest BCUT2D eigenvalue weighted by Gasteiger charge is 2.18. The van der Waals surface area contributed by atoms with Crippen LogP contribution in [0.15, 0.2) is 36.5 Å². The number of amides is 1. The third-order valence-corrected chi connectivity index (χ3v) is 14.1. The van der Waals surface area contributed by atoms with Crippen LogP contribution in [0.5, 0.6) is 0 Å². The molecule has 0 aliphatic heterocycles. The maximum Gasteiger partial charge on any atom is 0.220 e. The lowest BCUT2D eigenvalue weighted by Gasteiger charge is -2.19. The monoisotopic (exact) mass is 926 g/mol. The summed E-state index contributed by atoms with van der Waals surface area (Å²) in [6.07, 6.45) is 79.0. The molecule has 3 N–H and O–H groups in total. The molecular formula is C62H119NO3. The third kappa shape index (κ3) is 53.6. The van der Waals surface area contributed by atoms with Crippen molar-refractivity contribution >= 4 is 5.91 Å². The zero-order chi connectivity index (χ0) is 47.7. The van der Waals surface area contributed by atoms with Crippen LogP contribution >= 0.6 is 0 Å². The smallest absolute Gasteiger partial charge is 0.220 e. The number of allylic oxidation sites excluding steroid dienone is 5. The van der Waals surface area contributed by atoms with Gasteiger partial charge in [-0.05, 0) is 57.8 Å². The summed E-state index contributed by atoms with van der Waals surface area (Å²) in [6, 6.07) is -0.639. The highest BCUT2D eigenvalue weighted by atomic mass is 16.3. The molecule has 0 spiro atoms. The minimum absolute atomic E-state index is 0.0688. The molecule has 0 radical (unpaired) electrons. The lowest BCUT2D eigenvalue weighted by atomic mass is 10.0. The van der Waals surface area contributed by atoms with Gasteiger partial charge in [-0.25, -0.2) is 0 Å². The number of carbonyl (C=O) groups excluding carboxylic acids is 1. The number of unbranched alkanes of at least 4 members (excludes halogenated alkanes) is 45. The number of hydrogen-bond acceptors (Lipinski definition) is 3. The summed E-state index contributed by atoms with van der Waals surface area (Å²) in [7, 11) is 0. The quantitative estimate of drug-likeness (QED) is 0.0420. The Morgan fingerprint density at radius 2 is 0.591 bits per heavy atom. The number of aliphatic hydroxyl groups is 2. The molecule has 0 heterocycles. The Bertz CT molecular complexity index is 1010. The summed E-state index contributed by atoms with van der Waals surface area (Å²) < 4.78 is 0. The van der Waals surface area contributed by atoms with Crippen molar-refractivity contribution in [3.63, 3.8) is 0 Å². The van der Waals surface area contributed by atoms with Gasteiger partial charge in [0.25, 0.3) is 0 Å². The second-order valence-electron chi connectivity index (χ2n) is 20.8. The highest BCUT2D eigenvalue weighted by molar-refractivity contribution is 5.76. The fraction of sp³-hybridized carbons (Fsp3) is 0.887. The van der Waals surface area contributed by atoms with Gasteiger partial charge in [-0.2, -0.15) is 0 Å². The summed E-state index contributed by atoms with van der Waals surface area (Å²) in [5.74, 6) is -0.0688. The molecule has 2 unspecified atom stereocenters. The van der Waals surface area contributed by atoms with Crippen molar-refractivity contribution in [2.75, 3.05) is 6.61 Å². The van der Waals surface area contributed by atoms with Gasteiger partial charge in [-0.15, -0.1) is 0 Å². The molecule has 0 aromatic carbocycles. The molecule has 0 saturated carbocycles. The van der Waals surface area contributed by atoms with Crippen molar-refractivity contribution < 1.29 is 15.0 Å². The van der Waals surface area contributed by atoms with Gasteiger partial charge in [0.05, 0.1) is 18.8 Å². The fourth-order valence-corrected chi connectivity index (χ4v) is 9.49. The first-order chi connectivity index (χ1) is 32.7. The SMILES string of the molecule is CCCCCCCCCCCCCC/C=C\CCCCCCCCCCCCCCCC(=O)NC(CO)C(O)/C=C/CC/C=C/CCCCCCCCCCCCCCCCCCCCC. The summed E-state index contributed by atoms with van der Waals surface area (Å²) in [6.45, 7) is 4.34. The lowest BCUT2D eigenvalue weighted by Crippen LogP contribution is -2.45. The van der Waals surface area contributed by atoms with Crippen LogP contribution in [0.3, 0.4) is 0 Å². The Morgan fingerprint density at radius 1 is 0.348 bits per heavy atom. The van der Waals surface area contributed by atoms with Crippen LogP contribution in [-0.4, -0.2) is 34.9 Å². The van der Waals surface area contributed by atoms with Gasteiger partial charge >= 0.3 is 0 Å². The minimum atomic E-state index is -0.863.